The van der Waals surface area contributed by atoms with Crippen LogP contribution in [0.15, 0.2) is 60.9 Å². The zero-order chi connectivity index (χ0) is 19.9. The summed E-state index contributed by atoms with van der Waals surface area (Å²) in [6.45, 7) is 1.78. The first kappa shape index (κ1) is 19.7. The van der Waals surface area contributed by atoms with Crippen LogP contribution in [-0.2, 0) is 0 Å². The van der Waals surface area contributed by atoms with Gasteiger partial charge in [0, 0.05) is 11.1 Å². The van der Waals surface area contributed by atoms with Gasteiger partial charge in [-0.3, -0.25) is 0 Å². The summed E-state index contributed by atoms with van der Waals surface area (Å²) in [5.74, 6) is 0.236. The van der Waals surface area contributed by atoms with Gasteiger partial charge in [0.05, 0.1) is 18.5 Å². The predicted molar refractivity (Wildman–Crippen MR) is 109 cm³/mol. The van der Waals surface area contributed by atoms with E-state index in [0.717, 1.165) is 36.0 Å². The van der Waals surface area contributed by atoms with E-state index in [0.29, 0.717) is 11.4 Å². The Morgan fingerprint density at radius 1 is 1.04 bits per heavy atom. The Morgan fingerprint density at radius 2 is 1.71 bits per heavy atom. The molecule has 0 saturated heterocycles. The molecule has 0 amide bonds. The lowest BCUT2D eigenvalue weighted by atomic mass is 10.0. The summed E-state index contributed by atoms with van der Waals surface area (Å²) in [5.41, 5.74) is 2.91. The minimum Gasteiger partial charge on any atom is -0.505 e. The molecule has 2 N–H and O–H groups in total. The maximum Gasteiger partial charge on any atom is 0.159 e. The molecule has 5 heteroatoms. The van der Waals surface area contributed by atoms with E-state index in [2.05, 4.69) is 9.97 Å². The van der Waals surface area contributed by atoms with Crippen molar-refractivity contribution in [1.29, 1.82) is 0 Å². The summed E-state index contributed by atoms with van der Waals surface area (Å²) in [4.78, 5) is 8.15. The van der Waals surface area contributed by atoms with Gasteiger partial charge in [-0.25, -0.2) is 14.4 Å². The van der Waals surface area contributed by atoms with Crippen LogP contribution in [0.5, 0.6) is 5.75 Å². The highest BCUT2D eigenvalue weighted by Gasteiger charge is 2.07. The summed E-state index contributed by atoms with van der Waals surface area (Å²) in [5, 5.41) is 18.5. The lowest BCUT2D eigenvalue weighted by Crippen LogP contribution is -1.97. The van der Waals surface area contributed by atoms with Crippen molar-refractivity contribution < 1.29 is 14.6 Å². The van der Waals surface area contributed by atoms with Gasteiger partial charge < -0.3 is 10.2 Å². The van der Waals surface area contributed by atoms with Gasteiger partial charge in [0.15, 0.2) is 11.6 Å². The van der Waals surface area contributed by atoms with Gasteiger partial charge in [-0.05, 0) is 43.4 Å². The molecule has 0 fully saturated rings. The van der Waals surface area contributed by atoms with Crippen molar-refractivity contribution in [2.75, 3.05) is 0 Å². The molecule has 0 bridgehead atoms. The molecule has 3 rings (SSSR count). The maximum absolute atomic E-state index is 14.6. The predicted octanol–water partition coefficient (Wildman–Crippen LogP) is 5.22. The van der Waals surface area contributed by atoms with Crippen molar-refractivity contribution in [1.82, 2.24) is 9.97 Å². The normalized spacial score (nSPS) is 12.4. The van der Waals surface area contributed by atoms with E-state index in [1.807, 2.05) is 42.5 Å². The number of aromatic nitrogens is 2. The molecule has 0 spiro atoms. The SMILES string of the molecule is CC(O)CCCC=Cc1ccc(-c2ccc(-c3ncc(O)cn3)cc2)c(F)c1. The van der Waals surface area contributed by atoms with Gasteiger partial charge in [0.1, 0.15) is 5.82 Å². The number of aliphatic hydroxyl groups excluding tert-OH is 1. The average Bonchev–Trinajstić information content (AvgIpc) is 2.68. The molecular weight excluding hydrogens is 355 g/mol. The van der Waals surface area contributed by atoms with Gasteiger partial charge >= 0.3 is 0 Å². The Morgan fingerprint density at radius 3 is 2.36 bits per heavy atom. The van der Waals surface area contributed by atoms with Gasteiger partial charge in [-0.1, -0.05) is 48.6 Å². The number of hydrogen-bond acceptors (Lipinski definition) is 4. The number of hydrogen-bond donors (Lipinski definition) is 2. The highest BCUT2D eigenvalue weighted by Crippen LogP contribution is 2.26. The standard InChI is InChI=1S/C23H23FN2O2/c1-16(27)5-3-2-4-6-17-7-12-21(22(24)13-17)18-8-10-19(11-9-18)23-25-14-20(28)15-26-23/h4,6-16,27-28H,2-3,5H2,1H3. The summed E-state index contributed by atoms with van der Waals surface area (Å²) < 4.78 is 14.6. The van der Waals surface area contributed by atoms with E-state index >= 15 is 0 Å². The number of nitrogens with zero attached hydrogens (tertiary/aromatic N) is 2. The van der Waals surface area contributed by atoms with Gasteiger partial charge in [-0.15, -0.1) is 0 Å². The van der Waals surface area contributed by atoms with Crippen molar-refractivity contribution in [3.63, 3.8) is 0 Å². The van der Waals surface area contributed by atoms with Crippen LogP contribution in [0.1, 0.15) is 31.7 Å². The van der Waals surface area contributed by atoms with E-state index < -0.39 is 0 Å². The lowest BCUT2D eigenvalue weighted by molar-refractivity contribution is 0.182. The van der Waals surface area contributed by atoms with E-state index in [1.54, 1.807) is 13.0 Å². The Hall–Kier alpha value is -3.05. The summed E-state index contributed by atoms with van der Waals surface area (Å²) in [7, 11) is 0. The summed E-state index contributed by atoms with van der Waals surface area (Å²) >= 11 is 0. The molecule has 0 aliphatic carbocycles. The summed E-state index contributed by atoms with van der Waals surface area (Å²) in [6.07, 6.45) is 8.84. The first-order valence-corrected chi connectivity index (χ1v) is 9.29. The number of aliphatic hydroxyl groups is 1. The molecule has 1 atom stereocenters. The quantitative estimate of drug-likeness (QED) is 0.553. The third-order valence-electron chi connectivity index (χ3n) is 4.39. The highest BCUT2D eigenvalue weighted by molar-refractivity contribution is 5.69. The van der Waals surface area contributed by atoms with Crippen LogP contribution < -0.4 is 0 Å². The number of aromatic hydroxyl groups is 1. The fourth-order valence-corrected chi connectivity index (χ4v) is 2.89. The van der Waals surface area contributed by atoms with Crippen LogP contribution in [0.2, 0.25) is 0 Å². The Labute approximate surface area is 164 Å². The molecule has 3 aromatic rings. The van der Waals surface area contributed by atoms with Crippen LogP contribution in [0.4, 0.5) is 4.39 Å². The molecule has 0 radical (unpaired) electrons. The number of halogens is 1. The van der Waals surface area contributed by atoms with Crippen molar-refractivity contribution in [3.05, 3.63) is 72.3 Å². The topological polar surface area (TPSA) is 66.2 Å². The van der Waals surface area contributed by atoms with Gasteiger partial charge in [0.25, 0.3) is 0 Å². The zero-order valence-corrected chi connectivity index (χ0v) is 15.7. The van der Waals surface area contributed by atoms with Crippen LogP contribution in [0.25, 0.3) is 28.6 Å². The van der Waals surface area contributed by atoms with E-state index in [-0.39, 0.29) is 17.7 Å². The fourth-order valence-electron chi connectivity index (χ4n) is 2.89. The largest absolute Gasteiger partial charge is 0.505 e. The van der Waals surface area contributed by atoms with E-state index in [1.165, 1.54) is 18.5 Å². The first-order valence-electron chi connectivity index (χ1n) is 9.29. The van der Waals surface area contributed by atoms with Crippen molar-refractivity contribution >= 4 is 6.08 Å². The van der Waals surface area contributed by atoms with Crippen molar-refractivity contribution in [3.8, 4) is 28.3 Å². The molecule has 144 valence electrons. The molecule has 1 heterocycles. The lowest BCUT2D eigenvalue weighted by Gasteiger charge is -2.06. The van der Waals surface area contributed by atoms with Crippen LogP contribution in [0.3, 0.4) is 0 Å². The number of allylic oxidation sites excluding steroid dienone is 1. The number of benzene rings is 2. The smallest absolute Gasteiger partial charge is 0.159 e. The molecule has 28 heavy (non-hydrogen) atoms. The average molecular weight is 378 g/mol. The molecule has 1 aromatic heterocycles. The Balaban J connectivity index is 1.70. The molecule has 4 nitrogen and oxygen atoms in total. The number of unbranched alkanes of at least 4 members (excludes halogenated alkanes) is 1. The van der Waals surface area contributed by atoms with Gasteiger partial charge in [-0.2, -0.15) is 0 Å². The monoisotopic (exact) mass is 378 g/mol. The van der Waals surface area contributed by atoms with Crippen molar-refractivity contribution in [2.24, 2.45) is 0 Å². The third kappa shape index (κ3) is 5.24. The molecule has 0 aliphatic rings. The third-order valence-corrected chi connectivity index (χ3v) is 4.39. The molecule has 2 aromatic carbocycles. The van der Waals surface area contributed by atoms with Crippen LogP contribution in [0, 0.1) is 5.82 Å². The zero-order valence-electron chi connectivity index (χ0n) is 15.7. The second kappa shape index (κ2) is 9.24. The number of rotatable bonds is 7. The van der Waals surface area contributed by atoms with Crippen molar-refractivity contribution in [2.45, 2.75) is 32.3 Å². The Bertz CT molecular complexity index is 936. The maximum atomic E-state index is 14.6. The minimum absolute atomic E-state index is 0.0135. The first-order chi connectivity index (χ1) is 13.5. The van der Waals surface area contributed by atoms with E-state index in [9.17, 15) is 14.6 Å². The molecular formula is C23H23FN2O2. The Kier molecular flexibility index (Phi) is 6.50. The fraction of sp³-hybridized carbons (Fsp3) is 0.217. The van der Waals surface area contributed by atoms with Crippen LogP contribution >= 0.6 is 0 Å². The minimum atomic E-state index is -0.280. The molecule has 0 aliphatic heterocycles. The molecule has 0 saturated carbocycles. The van der Waals surface area contributed by atoms with E-state index in [4.69, 9.17) is 0 Å². The van der Waals surface area contributed by atoms with Gasteiger partial charge in [0.2, 0.25) is 0 Å². The summed E-state index contributed by atoms with van der Waals surface area (Å²) in [6, 6.07) is 12.5. The highest BCUT2D eigenvalue weighted by atomic mass is 19.1. The second-order valence-electron chi connectivity index (χ2n) is 6.76. The van der Waals surface area contributed by atoms with Crippen LogP contribution in [-0.4, -0.2) is 26.3 Å². The molecule has 1 unspecified atom stereocenters. The second-order valence-corrected chi connectivity index (χ2v) is 6.76.